The molecule has 4 rings (SSSR count). The first-order valence-electron chi connectivity index (χ1n) is 9.83. The summed E-state index contributed by atoms with van der Waals surface area (Å²) in [4.78, 5) is 29.9. The summed E-state index contributed by atoms with van der Waals surface area (Å²) < 4.78 is 27.0. The van der Waals surface area contributed by atoms with Crippen LogP contribution < -0.4 is 21.7 Å². The standard InChI is InChI=1S/C21H21ClN6O4S/c1-26-18-17(19(29)27(2)21(26)30)28(12-14-5-3-4-6-16(14)22)20(25-18)24-11-13-7-9-15(10-8-13)33(23,31)32/h3-10H,11-12H2,1-2H3,(H,24,25)(H2,23,31,32). The largest absolute Gasteiger partial charge is 0.351 e. The quantitative estimate of drug-likeness (QED) is 0.421. The van der Waals surface area contributed by atoms with Gasteiger partial charge in [0.2, 0.25) is 16.0 Å². The van der Waals surface area contributed by atoms with Crippen molar-refractivity contribution in [1.29, 1.82) is 0 Å². The fourth-order valence-electron chi connectivity index (χ4n) is 3.51. The number of nitrogens with two attached hydrogens (primary N) is 1. The van der Waals surface area contributed by atoms with E-state index in [0.717, 1.165) is 15.7 Å². The first-order valence-corrected chi connectivity index (χ1v) is 11.8. The zero-order valence-corrected chi connectivity index (χ0v) is 19.4. The Kier molecular flexibility index (Phi) is 5.87. The van der Waals surface area contributed by atoms with E-state index in [9.17, 15) is 18.0 Å². The second-order valence-electron chi connectivity index (χ2n) is 7.53. The SMILES string of the molecule is Cn1c(=O)c2c(nc(NCc3ccc(S(N)(=O)=O)cc3)n2Cc2ccccc2Cl)n(C)c1=O. The van der Waals surface area contributed by atoms with E-state index in [1.807, 2.05) is 18.2 Å². The van der Waals surface area contributed by atoms with Crippen LogP contribution in [0.5, 0.6) is 0 Å². The smallest absolute Gasteiger partial charge is 0.332 e. The Morgan fingerprint density at radius 1 is 1.03 bits per heavy atom. The molecule has 0 saturated carbocycles. The maximum Gasteiger partial charge on any atom is 0.332 e. The predicted molar refractivity (Wildman–Crippen MR) is 126 cm³/mol. The number of aryl methyl sites for hydroxylation is 1. The monoisotopic (exact) mass is 488 g/mol. The van der Waals surface area contributed by atoms with Crippen molar-refractivity contribution in [2.45, 2.75) is 18.0 Å². The number of hydrogen-bond donors (Lipinski definition) is 2. The van der Waals surface area contributed by atoms with E-state index < -0.39 is 21.3 Å². The molecule has 12 heteroatoms. The van der Waals surface area contributed by atoms with Crippen molar-refractivity contribution < 1.29 is 8.42 Å². The van der Waals surface area contributed by atoms with Crippen LogP contribution in [0.2, 0.25) is 5.02 Å². The van der Waals surface area contributed by atoms with Crippen molar-refractivity contribution in [1.82, 2.24) is 18.7 Å². The Morgan fingerprint density at radius 3 is 2.33 bits per heavy atom. The average molecular weight is 489 g/mol. The minimum Gasteiger partial charge on any atom is -0.351 e. The highest BCUT2D eigenvalue weighted by Crippen LogP contribution is 2.22. The number of benzene rings is 2. The van der Waals surface area contributed by atoms with Gasteiger partial charge in [0.05, 0.1) is 11.4 Å². The maximum atomic E-state index is 13.0. The van der Waals surface area contributed by atoms with E-state index in [1.54, 1.807) is 29.8 Å². The van der Waals surface area contributed by atoms with E-state index in [0.29, 0.717) is 11.0 Å². The molecule has 10 nitrogen and oxygen atoms in total. The minimum atomic E-state index is -3.79. The molecule has 0 aliphatic rings. The summed E-state index contributed by atoms with van der Waals surface area (Å²) in [5.74, 6) is 0.360. The first-order chi connectivity index (χ1) is 15.6. The van der Waals surface area contributed by atoms with Crippen molar-refractivity contribution in [3.63, 3.8) is 0 Å². The van der Waals surface area contributed by atoms with Crippen LogP contribution in [0.4, 0.5) is 5.95 Å². The topological polar surface area (TPSA) is 134 Å². The third-order valence-corrected chi connectivity index (χ3v) is 6.63. The molecule has 0 unspecified atom stereocenters. The molecule has 0 radical (unpaired) electrons. The van der Waals surface area contributed by atoms with Crippen LogP contribution >= 0.6 is 11.6 Å². The molecule has 2 heterocycles. The van der Waals surface area contributed by atoms with Crippen LogP contribution in [0.25, 0.3) is 11.2 Å². The zero-order valence-electron chi connectivity index (χ0n) is 17.8. The van der Waals surface area contributed by atoms with Gasteiger partial charge in [-0.3, -0.25) is 18.5 Å². The Bertz CT molecular complexity index is 1590. The number of halogens is 1. The van der Waals surface area contributed by atoms with Gasteiger partial charge in [-0.2, -0.15) is 4.98 Å². The Morgan fingerprint density at radius 2 is 1.70 bits per heavy atom. The highest BCUT2D eigenvalue weighted by Gasteiger charge is 2.20. The van der Waals surface area contributed by atoms with E-state index in [2.05, 4.69) is 10.3 Å². The molecule has 2 aromatic carbocycles. The number of imidazole rings is 1. The maximum absolute atomic E-state index is 13.0. The summed E-state index contributed by atoms with van der Waals surface area (Å²) in [5, 5.41) is 8.85. The second kappa shape index (κ2) is 8.50. The average Bonchev–Trinajstić information content (AvgIpc) is 3.14. The number of fused-ring (bicyclic) bond motifs is 1. The number of nitrogens with one attached hydrogen (secondary N) is 1. The Labute approximate surface area is 193 Å². The molecule has 2 aromatic heterocycles. The number of anilines is 1. The highest BCUT2D eigenvalue weighted by atomic mass is 35.5. The van der Waals surface area contributed by atoms with Gasteiger partial charge in [-0.15, -0.1) is 0 Å². The second-order valence-corrected chi connectivity index (χ2v) is 9.50. The summed E-state index contributed by atoms with van der Waals surface area (Å²) in [6.07, 6.45) is 0. The lowest BCUT2D eigenvalue weighted by Gasteiger charge is -2.12. The molecule has 3 N–H and O–H groups in total. The lowest BCUT2D eigenvalue weighted by atomic mass is 10.2. The summed E-state index contributed by atoms with van der Waals surface area (Å²) in [6, 6.07) is 13.3. The number of sulfonamides is 1. The number of rotatable bonds is 6. The summed E-state index contributed by atoms with van der Waals surface area (Å²) >= 11 is 6.34. The molecule has 0 fully saturated rings. The summed E-state index contributed by atoms with van der Waals surface area (Å²) in [6.45, 7) is 0.529. The molecule has 4 aromatic rings. The van der Waals surface area contributed by atoms with Crippen LogP contribution in [0.15, 0.2) is 63.0 Å². The van der Waals surface area contributed by atoms with Gasteiger partial charge in [0.25, 0.3) is 5.56 Å². The van der Waals surface area contributed by atoms with Crippen LogP contribution in [0, 0.1) is 0 Å². The van der Waals surface area contributed by atoms with E-state index >= 15 is 0 Å². The van der Waals surface area contributed by atoms with Crippen LogP contribution in [0.1, 0.15) is 11.1 Å². The molecule has 0 saturated heterocycles. The van der Waals surface area contributed by atoms with Crippen LogP contribution in [-0.4, -0.2) is 27.1 Å². The molecule has 0 aliphatic carbocycles. The normalized spacial score (nSPS) is 11.8. The van der Waals surface area contributed by atoms with Crippen LogP contribution in [-0.2, 0) is 37.2 Å². The van der Waals surface area contributed by atoms with Gasteiger partial charge in [-0.05, 0) is 29.3 Å². The number of primary sulfonamides is 1. The molecule has 172 valence electrons. The number of aromatic nitrogens is 4. The summed E-state index contributed by atoms with van der Waals surface area (Å²) in [5.41, 5.74) is 1.07. The molecule has 0 amide bonds. The Balaban J connectivity index is 1.79. The molecule has 0 bridgehead atoms. The number of hydrogen-bond acceptors (Lipinski definition) is 6. The zero-order chi connectivity index (χ0) is 23.9. The van der Waals surface area contributed by atoms with E-state index in [4.69, 9.17) is 16.7 Å². The van der Waals surface area contributed by atoms with Gasteiger partial charge in [0.1, 0.15) is 0 Å². The highest BCUT2D eigenvalue weighted by molar-refractivity contribution is 7.89. The predicted octanol–water partition coefficient (Wildman–Crippen LogP) is 1.39. The van der Waals surface area contributed by atoms with E-state index in [-0.39, 0.29) is 29.1 Å². The van der Waals surface area contributed by atoms with Crippen LogP contribution in [0.3, 0.4) is 0 Å². The molecule has 0 aliphatic heterocycles. The van der Waals surface area contributed by atoms with Gasteiger partial charge in [-0.1, -0.05) is 41.9 Å². The van der Waals surface area contributed by atoms with Crippen molar-refractivity contribution in [2.24, 2.45) is 19.2 Å². The van der Waals surface area contributed by atoms with Crippen molar-refractivity contribution in [2.75, 3.05) is 5.32 Å². The van der Waals surface area contributed by atoms with Crippen molar-refractivity contribution in [3.8, 4) is 0 Å². The molecular weight excluding hydrogens is 468 g/mol. The Hall–Kier alpha value is -3.41. The third kappa shape index (κ3) is 4.30. The summed E-state index contributed by atoms with van der Waals surface area (Å²) in [7, 11) is -0.824. The van der Waals surface area contributed by atoms with Gasteiger partial charge in [-0.25, -0.2) is 18.4 Å². The minimum absolute atomic E-state index is 0.00991. The van der Waals surface area contributed by atoms with Gasteiger partial charge < -0.3 is 5.32 Å². The molecule has 33 heavy (non-hydrogen) atoms. The molecule has 0 spiro atoms. The lowest BCUT2D eigenvalue weighted by molar-refractivity contribution is 0.598. The third-order valence-electron chi connectivity index (χ3n) is 5.34. The van der Waals surface area contributed by atoms with E-state index in [1.165, 1.54) is 23.7 Å². The van der Waals surface area contributed by atoms with Crippen molar-refractivity contribution in [3.05, 3.63) is 85.5 Å². The molecule has 0 atom stereocenters. The molecular formula is C21H21ClN6O4S. The van der Waals surface area contributed by atoms with Gasteiger partial charge in [0, 0.05) is 25.7 Å². The van der Waals surface area contributed by atoms with Gasteiger partial charge in [0.15, 0.2) is 11.2 Å². The first kappa shape index (κ1) is 22.8. The fraction of sp³-hybridized carbons (Fsp3) is 0.190. The van der Waals surface area contributed by atoms with Crippen molar-refractivity contribution >= 4 is 38.7 Å². The fourth-order valence-corrected chi connectivity index (χ4v) is 4.22. The number of nitrogens with zero attached hydrogens (tertiary/aromatic N) is 4. The lowest BCUT2D eigenvalue weighted by Crippen LogP contribution is -2.37. The van der Waals surface area contributed by atoms with Gasteiger partial charge >= 0.3 is 5.69 Å².